The molecule has 0 bridgehead atoms. The van der Waals surface area contributed by atoms with E-state index in [9.17, 15) is 9.59 Å². The third-order valence-corrected chi connectivity index (χ3v) is 4.93. The number of amides is 2. The molecule has 0 spiro atoms. The molecule has 0 saturated carbocycles. The maximum Gasteiger partial charge on any atom is 0.269 e. The first-order chi connectivity index (χ1) is 12.4. The highest BCUT2D eigenvalue weighted by Crippen LogP contribution is 2.30. The highest BCUT2D eigenvalue weighted by atomic mass is 16.7. The van der Waals surface area contributed by atoms with E-state index in [4.69, 9.17) is 4.84 Å². The third kappa shape index (κ3) is 3.89. The lowest BCUT2D eigenvalue weighted by molar-refractivity contribution is -0.155. The van der Waals surface area contributed by atoms with E-state index in [1.54, 1.807) is 11.8 Å². The zero-order valence-electron chi connectivity index (χ0n) is 15.7. The van der Waals surface area contributed by atoms with Gasteiger partial charge in [-0.3, -0.25) is 9.59 Å². The molecule has 2 atom stereocenters. The molecule has 26 heavy (non-hydrogen) atoms. The molecule has 6 nitrogen and oxygen atoms in total. The molecule has 1 aromatic rings. The van der Waals surface area contributed by atoms with Crippen LogP contribution in [0.5, 0.6) is 0 Å². The second-order valence-electron chi connectivity index (χ2n) is 7.66. The number of piperidine rings is 1. The van der Waals surface area contributed by atoms with Crippen LogP contribution in [0, 0.1) is 5.92 Å². The van der Waals surface area contributed by atoms with E-state index < -0.39 is 5.60 Å². The monoisotopic (exact) mass is 357 g/mol. The molecule has 2 aliphatic rings. The Balaban J connectivity index is 1.64. The van der Waals surface area contributed by atoms with E-state index >= 15 is 0 Å². The van der Waals surface area contributed by atoms with Gasteiger partial charge in [0.05, 0.1) is 11.6 Å². The molecule has 0 aliphatic carbocycles. The van der Waals surface area contributed by atoms with Gasteiger partial charge >= 0.3 is 0 Å². The second-order valence-corrected chi connectivity index (χ2v) is 7.66. The van der Waals surface area contributed by atoms with Crippen LogP contribution < -0.4 is 5.32 Å². The molecule has 140 valence electrons. The van der Waals surface area contributed by atoms with Crippen LogP contribution in [0.25, 0.3) is 0 Å². The fourth-order valence-corrected chi connectivity index (χ4v) is 3.55. The lowest BCUT2D eigenvalue weighted by atomic mass is 9.91. The summed E-state index contributed by atoms with van der Waals surface area (Å²) < 4.78 is 0. The van der Waals surface area contributed by atoms with Crippen molar-refractivity contribution in [1.29, 1.82) is 0 Å². The largest absolute Gasteiger partial charge is 0.379 e. The molecule has 6 heteroatoms. The molecule has 1 saturated heterocycles. The van der Waals surface area contributed by atoms with Gasteiger partial charge in [-0.2, -0.15) is 0 Å². The Kier molecular flexibility index (Phi) is 5.30. The Bertz CT molecular complexity index is 702. The van der Waals surface area contributed by atoms with Crippen molar-refractivity contribution in [1.82, 2.24) is 10.2 Å². The van der Waals surface area contributed by atoms with Crippen LogP contribution in [0.3, 0.4) is 0 Å². The van der Waals surface area contributed by atoms with Gasteiger partial charge < -0.3 is 15.1 Å². The summed E-state index contributed by atoms with van der Waals surface area (Å²) in [6.07, 6.45) is 2.07. The van der Waals surface area contributed by atoms with Crippen molar-refractivity contribution in [3.63, 3.8) is 0 Å². The van der Waals surface area contributed by atoms with Crippen molar-refractivity contribution in [3.05, 3.63) is 35.9 Å². The fourth-order valence-electron chi connectivity index (χ4n) is 3.55. The van der Waals surface area contributed by atoms with Crippen LogP contribution in [0.1, 0.15) is 45.6 Å². The summed E-state index contributed by atoms with van der Waals surface area (Å²) in [5, 5.41) is 7.11. The van der Waals surface area contributed by atoms with E-state index in [0.717, 1.165) is 24.1 Å². The highest BCUT2D eigenvalue weighted by molar-refractivity contribution is 6.05. The maximum absolute atomic E-state index is 13.1. The van der Waals surface area contributed by atoms with Crippen molar-refractivity contribution < 1.29 is 14.4 Å². The van der Waals surface area contributed by atoms with E-state index in [2.05, 4.69) is 10.5 Å². The van der Waals surface area contributed by atoms with Crippen LogP contribution in [0.15, 0.2) is 35.5 Å². The van der Waals surface area contributed by atoms with Crippen molar-refractivity contribution >= 4 is 17.5 Å². The Labute approximate surface area is 154 Å². The smallest absolute Gasteiger partial charge is 0.269 e. The number of rotatable bonds is 4. The summed E-state index contributed by atoms with van der Waals surface area (Å²) in [7, 11) is 0. The van der Waals surface area contributed by atoms with E-state index in [0.29, 0.717) is 19.5 Å². The SMILES string of the molecule is CC(C)NC(=O)C1CCCN(C(=O)C2(C)CC(c3ccccc3)=NO2)C1. The molecule has 2 unspecified atom stereocenters. The average Bonchev–Trinajstić information content (AvgIpc) is 3.05. The second kappa shape index (κ2) is 7.48. The standard InChI is InChI=1S/C20H27N3O3/c1-14(2)21-18(24)16-10-7-11-23(13-16)19(25)20(3)12-17(22-26-20)15-8-5-4-6-9-15/h4-6,8-9,14,16H,7,10-13H2,1-3H3,(H,21,24). The number of nitrogens with zero attached hydrogens (tertiary/aromatic N) is 2. The van der Waals surface area contributed by atoms with Gasteiger partial charge in [0.15, 0.2) is 0 Å². The van der Waals surface area contributed by atoms with Crippen LogP contribution in [-0.2, 0) is 14.4 Å². The van der Waals surface area contributed by atoms with Gasteiger partial charge in [0.1, 0.15) is 0 Å². The minimum atomic E-state index is -0.998. The molecule has 3 rings (SSSR count). The lowest BCUT2D eigenvalue weighted by Gasteiger charge is -2.36. The highest BCUT2D eigenvalue weighted by Gasteiger charge is 2.46. The van der Waals surface area contributed by atoms with Crippen molar-refractivity contribution in [2.45, 2.75) is 51.7 Å². The van der Waals surface area contributed by atoms with Gasteiger partial charge in [-0.05, 0) is 39.2 Å². The molecule has 0 radical (unpaired) electrons. The van der Waals surface area contributed by atoms with Crippen LogP contribution >= 0.6 is 0 Å². The van der Waals surface area contributed by atoms with E-state index in [1.165, 1.54) is 0 Å². The Morgan fingerprint density at radius 2 is 2.04 bits per heavy atom. The van der Waals surface area contributed by atoms with Crippen molar-refractivity contribution in [2.24, 2.45) is 11.1 Å². The number of carbonyl (C=O) groups excluding carboxylic acids is 2. The first kappa shape index (κ1) is 18.4. The van der Waals surface area contributed by atoms with Crippen LogP contribution in [-0.4, -0.2) is 47.2 Å². The third-order valence-electron chi connectivity index (χ3n) is 4.93. The van der Waals surface area contributed by atoms with Gasteiger partial charge in [-0.15, -0.1) is 0 Å². The Morgan fingerprint density at radius 3 is 2.73 bits per heavy atom. The summed E-state index contributed by atoms with van der Waals surface area (Å²) in [6, 6.07) is 9.86. The summed E-state index contributed by atoms with van der Waals surface area (Å²) in [5.74, 6) is -0.222. The molecule has 1 N–H and O–H groups in total. The molecule has 1 fully saturated rings. The van der Waals surface area contributed by atoms with Gasteiger partial charge in [0.2, 0.25) is 11.5 Å². The molecule has 2 heterocycles. The lowest BCUT2D eigenvalue weighted by Crippen LogP contribution is -2.53. The summed E-state index contributed by atoms with van der Waals surface area (Å²) in [5.41, 5.74) is 0.756. The van der Waals surface area contributed by atoms with E-state index in [-0.39, 0.29) is 23.8 Å². The molecule has 2 aliphatic heterocycles. The topological polar surface area (TPSA) is 71.0 Å². The molecular weight excluding hydrogens is 330 g/mol. The predicted octanol–water partition coefficient (Wildman–Crippen LogP) is 2.33. The van der Waals surface area contributed by atoms with Gasteiger partial charge in [-0.25, -0.2) is 0 Å². The summed E-state index contributed by atoms with van der Waals surface area (Å²) in [4.78, 5) is 32.7. The zero-order valence-corrected chi connectivity index (χ0v) is 15.7. The quantitative estimate of drug-likeness (QED) is 0.899. The van der Waals surface area contributed by atoms with Crippen molar-refractivity contribution in [2.75, 3.05) is 13.1 Å². The number of benzene rings is 1. The number of carbonyl (C=O) groups is 2. The average molecular weight is 357 g/mol. The normalized spacial score (nSPS) is 25.6. The minimum absolute atomic E-state index is 0.0243. The van der Waals surface area contributed by atoms with Crippen molar-refractivity contribution in [3.8, 4) is 0 Å². The van der Waals surface area contributed by atoms with Gasteiger partial charge in [0, 0.05) is 25.6 Å². The Hall–Kier alpha value is -2.37. The Morgan fingerprint density at radius 1 is 1.31 bits per heavy atom. The number of hydrogen-bond acceptors (Lipinski definition) is 4. The minimum Gasteiger partial charge on any atom is -0.379 e. The first-order valence-electron chi connectivity index (χ1n) is 9.29. The maximum atomic E-state index is 13.1. The fraction of sp³-hybridized carbons (Fsp3) is 0.550. The van der Waals surface area contributed by atoms with Crippen LogP contribution in [0.2, 0.25) is 0 Å². The number of oxime groups is 1. The zero-order chi connectivity index (χ0) is 18.7. The van der Waals surface area contributed by atoms with Gasteiger partial charge in [0.25, 0.3) is 5.91 Å². The molecule has 2 amide bonds. The predicted molar refractivity (Wildman–Crippen MR) is 99.7 cm³/mol. The van der Waals surface area contributed by atoms with Gasteiger partial charge in [-0.1, -0.05) is 35.5 Å². The summed E-state index contributed by atoms with van der Waals surface area (Å²) in [6.45, 7) is 6.77. The van der Waals surface area contributed by atoms with E-state index in [1.807, 2.05) is 44.2 Å². The number of nitrogens with one attached hydrogen (secondary N) is 1. The first-order valence-corrected chi connectivity index (χ1v) is 9.29. The van der Waals surface area contributed by atoms with Crippen LogP contribution in [0.4, 0.5) is 0 Å². The molecular formula is C20H27N3O3. The molecule has 0 aromatic heterocycles. The number of likely N-dealkylation sites (tertiary alicyclic amines) is 1. The molecule has 1 aromatic carbocycles. The number of hydrogen-bond donors (Lipinski definition) is 1. The summed E-state index contributed by atoms with van der Waals surface area (Å²) >= 11 is 0.